The Kier molecular flexibility index (Phi) is 6.61. The molecule has 0 saturated carbocycles. The van der Waals surface area contributed by atoms with Gasteiger partial charge in [-0.25, -0.2) is 0 Å². The van der Waals surface area contributed by atoms with Crippen LogP contribution in [-0.4, -0.2) is 13.0 Å². The predicted molar refractivity (Wildman–Crippen MR) is 101 cm³/mol. The van der Waals surface area contributed by atoms with Gasteiger partial charge < -0.3 is 15.4 Å². The van der Waals surface area contributed by atoms with Gasteiger partial charge in [0.25, 0.3) is 5.91 Å². The minimum Gasteiger partial charge on any atom is -0.497 e. The van der Waals surface area contributed by atoms with Gasteiger partial charge in [-0.2, -0.15) is 5.26 Å². The molecule has 0 aliphatic rings. The van der Waals surface area contributed by atoms with Gasteiger partial charge in [-0.1, -0.05) is 34.1 Å². The zero-order valence-corrected chi connectivity index (χ0v) is 15.5. The fourth-order valence-corrected chi connectivity index (χ4v) is 2.53. The van der Waals surface area contributed by atoms with Gasteiger partial charge in [0.15, 0.2) is 0 Å². The minimum atomic E-state index is -0.437. The third-order valence-electron chi connectivity index (χ3n) is 3.54. The Morgan fingerprint density at radius 3 is 2.60 bits per heavy atom. The van der Waals surface area contributed by atoms with E-state index in [0.29, 0.717) is 0 Å². The van der Waals surface area contributed by atoms with Crippen LogP contribution in [0.4, 0.5) is 5.69 Å². The van der Waals surface area contributed by atoms with Gasteiger partial charge in [-0.15, -0.1) is 0 Å². The molecule has 0 spiro atoms. The highest BCUT2D eigenvalue weighted by Crippen LogP contribution is 2.18. The van der Waals surface area contributed by atoms with Crippen LogP contribution in [0.15, 0.2) is 64.8 Å². The van der Waals surface area contributed by atoms with Crippen molar-refractivity contribution in [2.75, 3.05) is 12.4 Å². The summed E-state index contributed by atoms with van der Waals surface area (Å²) in [6, 6.07) is 16.5. The van der Waals surface area contributed by atoms with Gasteiger partial charge in [0, 0.05) is 16.4 Å². The van der Waals surface area contributed by atoms with Crippen molar-refractivity contribution in [3.05, 3.63) is 70.3 Å². The molecule has 0 fully saturated rings. The molecule has 2 aromatic rings. The Bertz CT molecular complexity index is 810. The van der Waals surface area contributed by atoms with Crippen LogP contribution >= 0.6 is 15.9 Å². The second-order valence-corrected chi connectivity index (χ2v) is 6.21. The first-order chi connectivity index (χ1) is 12.0. The highest BCUT2D eigenvalue weighted by molar-refractivity contribution is 9.10. The zero-order chi connectivity index (χ0) is 18.2. The van der Waals surface area contributed by atoms with Crippen LogP contribution < -0.4 is 15.4 Å². The maximum absolute atomic E-state index is 12.3. The summed E-state index contributed by atoms with van der Waals surface area (Å²) in [4.78, 5) is 12.3. The summed E-state index contributed by atoms with van der Waals surface area (Å²) >= 11 is 3.37. The van der Waals surface area contributed by atoms with Crippen molar-refractivity contribution < 1.29 is 9.53 Å². The Hall–Kier alpha value is -2.78. The first kappa shape index (κ1) is 18.6. The van der Waals surface area contributed by atoms with E-state index in [9.17, 15) is 10.1 Å². The number of rotatable bonds is 6. The molecular weight excluding hydrogens is 382 g/mol. The molecule has 0 aliphatic carbocycles. The molecule has 6 heteroatoms. The van der Waals surface area contributed by atoms with Crippen LogP contribution in [0.25, 0.3) is 0 Å². The van der Waals surface area contributed by atoms with Gasteiger partial charge in [-0.05, 0) is 42.8 Å². The first-order valence-electron chi connectivity index (χ1n) is 7.60. The number of carbonyl (C=O) groups excluding carboxylic acids is 1. The van der Waals surface area contributed by atoms with E-state index < -0.39 is 5.91 Å². The number of halogens is 1. The average Bonchev–Trinajstić information content (AvgIpc) is 2.62. The van der Waals surface area contributed by atoms with Crippen molar-refractivity contribution in [1.82, 2.24) is 5.32 Å². The van der Waals surface area contributed by atoms with Crippen LogP contribution in [0, 0.1) is 11.3 Å². The molecule has 2 aromatic carbocycles. The molecular formula is C19H18BrN3O2. The smallest absolute Gasteiger partial charge is 0.263 e. The lowest BCUT2D eigenvalue weighted by Crippen LogP contribution is -2.28. The highest BCUT2D eigenvalue weighted by Gasteiger charge is 2.13. The average molecular weight is 400 g/mol. The lowest BCUT2D eigenvalue weighted by atomic mass is 10.1. The SMILES string of the molecule is COc1ccc(C(C)NC(=O)/C(C#N)=C\Nc2cccc(Br)c2)cc1. The first-order valence-corrected chi connectivity index (χ1v) is 8.40. The summed E-state index contributed by atoms with van der Waals surface area (Å²) in [5.74, 6) is 0.312. The molecule has 0 aromatic heterocycles. The molecule has 0 aliphatic heterocycles. The maximum Gasteiger partial charge on any atom is 0.263 e. The molecule has 1 unspecified atom stereocenters. The fraction of sp³-hybridized carbons (Fsp3) is 0.158. The topological polar surface area (TPSA) is 74.1 Å². The zero-order valence-electron chi connectivity index (χ0n) is 13.9. The molecule has 0 heterocycles. The van der Waals surface area contributed by atoms with Crippen LogP contribution in [0.5, 0.6) is 5.75 Å². The van der Waals surface area contributed by atoms with Gasteiger partial charge in [-0.3, -0.25) is 4.79 Å². The standard InChI is InChI=1S/C19H18BrN3O2/c1-13(14-6-8-18(25-2)9-7-14)23-19(24)15(11-21)12-22-17-5-3-4-16(20)10-17/h3-10,12-13,22H,1-2H3,(H,23,24)/b15-12-. The van der Waals surface area contributed by atoms with E-state index in [-0.39, 0.29) is 11.6 Å². The van der Waals surface area contributed by atoms with Crippen molar-refractivity contribution in [2.24, 2.45) is 0 Å². The van der Waals surface area contributed by atoms with Gasteiger partial charge >= 0.3 is 0 Å². The van der Waals surface area contributed by atoms with E-state index in [2.05, 4.69) is 26.6 Å². The quantitative estimate of drug-likeness (QED) is 0.564. The van der Waals surface area contributed by atoms with Crippen molar-refractivity contribution in [3.8, 4) is 11.8 Å². The number of methoxy groups -OCH3 is 1. The predicted octanol–water partition coefficient (Wildman–Crippen LogP) is 4.15. The van der Waals surface area contributed by atoms with Gasteiger partial charge in [0.05, 0.1) is 13.2 Å². The minimum absolute atomic E-state index is 0.000312. The number of hydrogen-bond acceptors (Lipinski definition) is 4. The monoisotopic (exact) mass is 399 g/mol. The largest absolute Gasteiger partial charge is 0.497 e. The number of anilines is 1. The third kappa shape index (κ3) is 5.37. The number of nitrogens with zero attached hydrogens (tertiary/aromatic N) is 1. The summed E-state index contributed by atoms with van der Waals surface area (Å²) in [7, 11) is 1.60. The van der Waals surface area contributed by atoms with Crippen molar-refractivity contribution >= 4 is 27.5 Å². The van der Waals surface area contributed by atoms with E-state index in [1.54, 1.807) is 7.11 Å². The molecule has 1 atom stereocenters. The van der Waals surface area contributed by atoms with Crippen LogP contribution in [0.3, 0.4) is 0 Å². The van der Waals surface area contributed by atoms with Crippen LogP contribution in [0.1, 0.15) is 18.5 Å². The lowest BCUT2D eigenvalue weighted by molar-refractivity contribution is -0.117. The van der Waals surface area contributed by atoms with E-state index in [4.69, 9.17) is 4.74 Å². The maximum atomic E-state index is 12.3. The molecule has 128 valence electrons. The Labute approximate surface area is 155 Å². The number of carbonyl (C=O) groups is 1. The summed E-state index contributed by atoms with van der Waals surface area (Å²) < 4.78 is 6.02. The van der Waals surface area contributed by atoms with Crippen molar-refractivity contribution in [2.45, 2.75) is 13.0 Å². The molecule has 5 nitrogen and oxygen atoms in total. The number of nitrogens with one attached hydrogen (secondary N) is 2. The molecule has 2 N–H and O–H groups in total. The third-order valence-corrected chi connectivity index (χ3v) is 4.03. The number of nitriles is 1. The Balaban J connectivity index is 2.03. The molecule has 0 saturated heterocycles. The lowest BCUT2D eigenvalue weighted by Gasteiger charge is -2.14. The number of hydrogen-bond donors (Lipinski definition) is 2. The van der Waals surface area contributed by atoms with Crippen molar-refractivity contribution in [1.29, 1.82) is 5.26 Å². The highest BCUT2D eigenvalue weighted by atomic mass is 79.9. The Morgan fingerprint density at radius 1 is 1.28 bits per heavy atom. The second-order valence-electron chi connectivity index (χ2n) is 5.29. The number of benzene rings is 2. The van der Waals surface area contributed by atoms with E-state index >= 15 is 0 Å². The Morgan fingerprint density at radius 2 is 2.00 bits per heavy atom. The van der Waals surface area contributed by atoms with Crippen LogP contribution in [-0.2, 0) is 4.79 Å². The molecule has 2 rings (SSSR count). The second kappa shape index (κ2) is 8.90. The summed E-state index contributed by atoms with van der Waals surface area (Å²) in [6.07, 6.45) is 1.40. The summed E-state index contributed by atoms with van der Waals surface area (Å²) in [6.45, 7) is 1.86. The van der Waals surface area contributed by atoms with E-state index in [1.165, 1.54) is 6.20 Å². The number of amides is 1. The van der Waals surface area contributed by atoms with Crippen LogP contribution in [0.2, 0.25) is 0 Å². The van der Waals surface area contributed by atoms with E-state index in [0.717, 1.165) is 21.5 Å². The molecule has 0 radical (unpaired) electrons. The van der Waals surface area contributed by atoms with Gasteiger partial charge in [0.1, 0.15) is 17.4 Å². The molecule has 0 bridgehead atoms. The van der Waals surface area contributed by atoms with E-state index in [1.807, 2.05) is 61.5 Å². The fourth-order valence-electron chi connectivity index (χ4n) is 2.13. The number of ether oxygens (including phenoxy) is 1. The normalized spacial score (nSPS) is 12.0. The van der Waals surface area contributed by atoms with Crippen molar-refractivity contribution in [3.63, 3.8) is 0 Å². The van der Waals surface area contributed by atoms with Gasteiger partial charge in [0.2, 0.25) is 0 Å². The molecule has 25 heavy (non-hydrogen) atoms. The molecule has 1 amide bonds. The summed E-state index contributed by atoms with van der Waals surface area (Å²) in [5.41, 5.74) is 1.70. The summed E-state index contributed by atoms with van der Waals surface area (Å²) in [5, 5.41) is 15.0.